The van der Waals surface area contributed by atoms with E-state index in [9.17, 15) is 13.2 Å². The van der Waals surface area contributed by atoms with Gasteiger partial charge < -0.3 is 5.32 Å². The molecule has 0 aromatic heterocycles. The van der Waals surface area contributed by atoms with Gasteiger partial charge in [-0.15, -0.1) is 0 Å². The first-order chi connectivity index (χ1) is 10.7. The van der Waals surface area contributed by atoms with Gasteiger partial charge in [-0.1, -0.05) is 23.2 Å². The van der Waals surface area contributed by atoms with Gasteiger partial charge >= 0.3 is 0 Å². The molecule has 6 nitrogen and oxygen atoms in total. The second-order valence-electron chi connectivity index (χ2n) is 5.58. The van der Waals surface area contributed by atoms with Crippen molar-refractivity contribution < 1.29 is 13.2 Å². The lowest BCUT2D eigenvalue weighted by Gasteiger charge is -2.32. The van der Waals surface area contributed by atoms with Crippen molar-refractivity contribution in [2.45, 2.75) is 12.8 Å². The van der Waals surface area contributed by atoms with E-state index < -0.39 is 10.2 Å². The maximum Gasteiger partial charge on any atom is 0.281 e. The van der Waals surface area contributed by atoms with Crippen LogP contribution < -0.4 is 5.32 Å². The van der Waals surface area contributed by atoms with E-state index in [2.05, 4.69) is 5.32 Å². The molecule has 128 valence electrons. The van der Waals surface area contributed by atoms with Gasteiger partial charge in [-0.2, -0.15) is 17.0 Å². The minimum Gasteiger partial charge on any atom is -0.324 e. The van der Waals surface area contributed by atoms with Crippen molar-refractivity contribution in [1.82, 2.24) is 8.61 Å². The highest BCUT2D eigenvalue weighted by atomic mass is 35.5. The number of rotatable bonds is 4. The molecule has 9 heteroatoms. The number of halogens is 2. The number of benzene rings is 1. The molecule has 1 saturated heterocycles. The molecule has 1 aromatic carbocycles. The van der Waals surface area contributed by atoms with Gasteiger partial charge in [0.05, 0.1) is 10.7 Å². The van der Waals surface area contributed by atoms with Gasteiger partial charge in [0.1, 0.15) is 0 Å². The van der Waals surface area contributed by atoms with Crippen molar-refractivity contribution in [3.63, 3.8) is 0 Å². The lowest BCUT2D eigenvalue weighted by molar-refractivity contribution is -0.120. The zero-order valence-electron chi connectivity index (χ0n) is 12.9. The molecule has 1 aliphatic heterocycles. The Kier molecular flexibility index (Phi) is 5.91. The van der Waals surface area contributed by atoms with Crippen LogP contribution in [-0.4, -0.2) is 50.1 Å². The molecule has 2 rings (SSSR count). The average Bonchev–Trinajstić information content (AvgIpc) is 2.50. The third kappa shape index (κ3) is 4.36. The summed E-state index contributed by atoms with van der Waals surface area (Å²) in [6.45, 7) is 0.643. The van der Waals surface area contributed by atoms with E-state index in [-0.39, 0.29) is 11.8 Å². The molecule has 0 atom stereocenters. The van der Waals surface area contributed by atoms with Gasteiger partial charge in [-0.05, 0) is 31.0 Å². The van der Waals surface area contributed by atoms with Crippen molar-refractivity contribution in [2.24, 2.45) is 5.92 Å². The first-order valence-electron chi connectivity index (χ1n) is 7.15. The molecule has 0 unspecified atom stereocenters. The highest BCUT2D eigenvalue weighted by Gasteiger charge is 2.32. The van der Waals surface area contributed by atoms with Crippen LogP contribution >= 0.6 is 23.2 Å². The van der Waals surface area contributed by atoms with E-state index in [1.807, 2.05) is 0 Å². The second kappa shape index (κ2) is 7.36. The summed E-state index contributed by atoms with van der Waals surface area (Å²) in [6.07, 6.45) is 0.939. The summed E-state index contributed by atoms with van der Waals surface area (Å²) < 4.78 is 26.7. The van der Waals surface area contributed by atoms with Gasteiger partial charge in [-0.25, -0.2) is 0 Å². The van der Waals surface area contributed by atoms with E-state index >= 15 is 0 Å². The first-order valence-corrected chi connectivity index (χ1v) is 9.30. The third-order valence-corrected chi connectivity index (χ3v) is 6.30. The highest BCUT2D eigenvalue weighted by Crippen LogP contribution is 2.27. The van der Waals surface area contributed by atoms with Crippen molar-refractivity contribution in [3.05, 3.63) is 28.2 Å². The molecular formula is C14H19Cl2N3O3S. The molecule has 0 aliphatic carbocycles. The molecular weight excluding hydrogens is 361 g/mol. The molecule has 1 N–H and O–H groups in total. The van der Waals surface area contributed by atoms with E-state index in [4.69, 9.17) is 23.2 Å². The Morgan fingerprint density at radius 1 is 1.26 bits per heavy atom. The average molecular weight is 380 g/mol. The Balaban J connectivity index is 1.98. The molecule has 1 amide bonds. The molecule has 1 aliphatic rings. The standard InChI is InChI=1S/C14H19Cl2N3O3S/c1-18(2)23(21,22)19-7-5-10(6-8-19)14(20)17-13-9-11(15)3-4-12(13)16/h3-4,9-10H,5-8H2,1-2H3,(H,17,20). The number of nitrogens with one attached hydrogen (secondary N) is 1. The van der Waals surface area contributed by atoms with Crippen LogP contribution in [0, 0.1) is 5.92 Å². The van der Waals surface area contributed by atoms with Crippen LogP contribution in [0.15, 0.2) is 18.2 Å². The molecule has 23 heavy (non-hydrogen) atoms. The van der Waals surface area contributed by atoms with Gasteiger partial charge in [0.25, 0.3) is 10.2 Å². The Hall–Kier alpha value is -0.860. The first kappa shape index (κ1) is 18.5. The van der Waals surface area contributed by atoms with Crippen LogP contribution in [0.2, 0.25) is 10.0 Å². The Bertz CT molecular complexity index is 687. The van der Waals surface area contributed by atoms with Crippen LogP contribution in [0.5, 0.6) is 0 Å². The predicted molar refractivity (Wildman–Crippen MR) is 92.0 cm³/mol. The summed E-state index contributed by atoms with van der Waals surface area (Å²) >= 11 is 11.9. The van der Waals surface area contributed by atoms with Crippen molar-refractivity contribution in [3.8, 4) is 0 Å². The Labute approximate surface area is 146 Å². The Morgan fingerprint density at radius 2 is 1.87 bits per heavy atom. The number of piperidine rings is 1. The summed E-state index contributed by atoms with van der Waals surface area (Å²) in [5, 5.41) is 3.66. The molecule has 1 aromatic rings. The van der Waals surface area contributed by atoms with Crippen molar-refractivity contribution in [1.29, 1.82) is 0 Å². The molecule has 0 spiro atoms. The summed E-state index contributed by atoms with van der Waals surface area (Å²) in [4.78, 5) is 12.3. The van der Waals surface area contributed by atoms with Crippen molar-refractivity contribution >= 4 is 45.0 Å². The fourth-order valence-electron chi connectivity index (χ4n) is 2.41. The smallest absolute Gasteiger partial charge is 0.281 e. The van der Waals surface area contributed by atoms with Crippen LogP contribution in [0.3, 0.4) is 0 Å². The van der Waals surface area contributed by atoms with E-state index in [1.165, 1.54) is 22.7 Å². The van der Waals surface area contributed by atoms with E-state index in [0.29, 0.717) is 41.7 Å². The van der Waals surface area contributed by atoms with Gasteiger partial charge in [0.2, 0.25) is 5.91 Å². The van der Waals surface area contributed by atoms with Gasteiger partial charge in [0, 0.05) is 38.1 Å². The van der Waals surface area contributed by atoms with E-state index in [1.54, 1.807) is 18.2 Å². The monoisotopic (exact) mass is 379 g/mol. The number of anilines is 1. The third-order valence-electron chi connectivity index (χ3n) is 3.80. The Morgan fingerprint density at radius 3 is 2.43 bits per heavy atom. The summed E-state index contributed by atoms with van der Waals surface area (Å²) in [5.74, 6) is -0.422. The number of nitrogens with zero attached hydrogens (tertiary/aromatic N) is 2. The topological polar surface area (TPSA) is 69.7 Å². The summed E-state index contributed by atoms with van der Waals surface area (Å²) in [6, 6.07) is 4.85. The molecule has 0 radical (unpaired) electrons. The fraction of sp³-hybridized carbons (Fsp3) is 0.500. The number of carbonyl (C=O) groups is 1. The summed E-state index contributed by atoms with van der Waals surface area (Å²) in [7, 11) is -0.433. The van der Waals surface area contributed by atoms with Crippen LogP contribution in [0.4, 0.5) is 5.69 Å². The van der Waals surface area contributed by atoms with Gasteiger partial charge in [0.15, 0.2) is 0 Å². The largest absolute Gasteiger partial charge is 0.324 e. The molecule has 1 fully saturated rings. The zero-order chi connectivity index (χ0) is 17.2. The number of hydrogen-bond acceptors (Lipinski definition) is 3. The van der Waals surface area contributed by atoms with Crippen LogP contribution in [-0.2, 0) is 15.0 Å². The molecule has 0 saturated carbocycles. The fourth-order valence-corrected chi connectivity index (χ4v) is 3.88. The molecule has 1 heterocycles. The van der Waals surface area contributed by atoms with Crippen LogP contribution in [0.1, 0.15) is 12.8 Å². The maximum atomic E-state index is 12.3. The number of carbonyl (C=O) groups excluding carboxylic acids is 1. The van der Waals surface area contributed by atoms with E-state index in [0.717, 1.165) is 0 Å². The number of amides is 1. The van der Waals surface area contributed by atoms with Crippen molar-refractivity contribution in [2.75, 3.05) is 32.5 Å². The second-order valence-corrected chi connectivity index (χ2v) is 8.56. The zero-order valence-corrected chi connectivity index (χ0v) is 15.2. The van der Waals surface area contributed by atoms with Gasteiger partial charge in [-0.3, -0.25) is 4.79 Å². The minimum absolute atomic E-state index is 0.170. The van der Waals surface area contributed by atoms with Crippen LogP contribution in [0.25, 0.3) is 0 Å². The normalized spacial score (nSPS) is 17.4. The SMILES string of the molecule is CN(C)S(=O)(=O)N1CCC(C(=O)Nc2cc(Cl)ccc2Cl)CC1. The predicted octanol–water partition coefficient (Wildman–Crippen LogP) is 2.45. The minimum atomic E-state index is -3.42. The highest BCUT2D eigenvalue weighted by molar-refractivity contribution is 7.86. The quantitative estimate of drug-likeness (QED) is 0.873. The number of hydrogen-bond donors (Lipinski definition) is 1. The molecule has 0 bridgehead atoms. The lowest BCUT2D eigenvalue weighted by Crippen LogP contribution is -2.46. The maximum absolute atomic E-state index is 12.3. The lowest BCUT2D eigenvalue weighted by atomic mass is 9.97. The summed E-state index contributed by atoms with van der Waals surface area (Å²) in [5.41, 5.74) is 0.465.